The van der Waals surface area contributed by atoms with Crippen molar-refractivity contribution in [2.24, 2.45) is 0 Å². The fourth-order valence-electron chi connectivity index (χ4n) is 3.56. The lowest BCUT2D eigenvalue weighted by Gasteiger charge is -2.23. The molecule has 1 saturated heterocycles. The lowest BCUT2D eigenvalue weighted by molar-refractivity contribution is 0.0945. The summed E-state index contributed by atoms with van der Waals surface area (Å²) in [7, 11) is 0. The molecule has 1 amide bonds. The first-order chi connectivity index (χ1) is 12.7. The quantitative estimate of drug-likeness (QED) is 0.724. The van der Waals surface area contributed by atoms with Crippen molar-refractivity contribution in [1.82, 2.24) is 25.6 Å². The first-order valence-electron chi connectivity index (χ1n) is 9.11. The number of nitrogens with zero attached hydrogens (tertiary/aromatic N) is 3. The molecule has 27 heavy (non-hydrogen) atoms. The van der Waals surface area contributed by atoms with Crippen molar-refractivity contribution in [3.8, 4) is 0 Å². The van der Waals surface area contributed by atoms with Gasteiger partial charge in [0.25, 0.3) is 5.91 Å². The van der Waals surface area contributed by atoms with Crippen molar-refractivity contribution in [2.75, 3.05) is 13.1 Å². The number of amides is 1. The number of hydrogen-bond acceptors (Lipinski definition) is 4. The van der Waals surface area contributed by atoms with Crippen LogP contribution in [0, 0.1) is 6.92 Å². The summed E-state index contributed by atoms with van der Waals surface area (Å²) in [5.41, 5.74) is 2.33. The molecule has 2 aromatic carbocycles. The van der Waals surface area contributed by atoms with Crippen LogP contribution in [-0.2, 0) is 6.54 Å². The lowest BCUT2D eigenvalue weighted by Crippen LogP contribution is -2.30. The maximum Gasteiger partial charge on any atom is 0.274 e. The van der Waals surface area contributed by atoms with Gasteiger partial charge in [-0.2, -0.15) is 0 Å². The second kappa shape index (κ2) is 8.50. The molecule has 3 aromatic rings. The average Bonchev–Trinajstić information content (AvgIpc) is 3.08. The van der Waals surface area contributed by atoms with Crippen LogP contribution < -0.4 is 10.6 Å². The number of benzene rings is 2. The number of fused-ring (bicyclic) bond motifs is 1. The Balaban J connectivity index is 0.00000210. The van der Waals surface area contributed by atoms with Gasteiger partial charge in [0.05, 0.1) is 11.7 Å². The van der Waals surface area contributed by atoms with Gasteiger partial charge in [0.15, 0.2) is 5.69 Å². The van der Waals surface area contributed by atoms with Gasteiger partial charge >= 0.3 is 0 Å². The molecule has 0 spiro atoms. The average molecular weight is 386 g/mol. The summed E-state index contributed by atoms with van der Waals surface area (Å²) in [6, 6.07) is 14.8. The second-order valence-corrected chi connectivity index (χ2v) is 6.81. The fourth-order valence-corrected chi connectivity index (χ4v) is 3.56. The van der Waals surface area contributed by atoms with Gasteiger partial charge in [-0.1, -0.05) is 41.6 Å². The number of carbonyl (C=O) groups is 1. The maximum absolute atomic E-state index is 12.6. The molecule has 1 aliphatic rings. The first kappa shape index (κ1) is 19.3. The molecular weight excluding hydrogens is 362 g/mol. The lowest BCUT2D eigenvalue weighted by atomic mass is 10.1. The Morgan fingerprint density at radius 3 is 2.70 bits per heavy atom. The summed E-state index contributed by atoms with van der Waals surface area (Å²) in [5.74, 6) is -0.171. The van der Waals surface area contributed by atoms with Gasteiger partial charge in [0.1, 0.15) is 0 Å². The van der Waals surface area contributed by atoms with Gasteiger partial charge in [-0.3, -0.25) is 4.79 Å². The summed E-state index contributed by atoms with van der Waals surface area (Å²) in [5, 5.41) is 17.1. The molecule has 4 rings (SSSR count). The van der Waals surface area contributed by atoms with Gasteiger partial charge in [0.2, 0.25) is 0 Å². The van der Waals surface area contributed by atoms with Crippen LogP contribution in [0.15, 0.2) is 42.5 Å². The van der Waals surface area contributed by atoms with E-state index >= 15 is 0 Å². The van der Waals surface area contributed by atoms with Crippen LogP contribution in [0.4, 0.5) is 0 Å². The van der Waals surface area contributed by atoms with Crippen LogP contribution in [0.2, 0.25) is 0 Å². The molecule has 1 aliphatic heterocycles. The van der Waals surface area contributed by atoms with E-state index in [-0.39, 0.29) is 18.3 Å². The number of hydrogen-bond donors (Lipinski definition) is 2. The van der Waals surface area contributed by atoms with E-state index < -0.39 is 0 Å². The Morgan fingerprint density at radius 2 is 1.93 bits per heavy atom. The molecule has 1 aromatic heterocycles. The van der Waals surface area contributed by atoms with Crippen LogP contribution in [-0.4, -0.2) is 34.0 Å². The molecule has 1 fully saturated rings. The monoisotopic (exact) mass is 385 g/mol. The maximum atomic E-state index is 12.6. The number of carbonyl (C=O) groups excluding carboxylic acids is 1. The van der Waals surface area contributed by atoms with E-state index in [1.807, 2.05) is 29.8 Å². The predicted molar refractivity (Wildman–Crippen MR) is 108 cm³/mol. The topological polar surface area (TPSA) is 71.8 Å². The highest BCUT2D eigenvalue weighted by Crippen LogP contribution is 2.20. The Bertz CT molecular complexity index is 933. The van der Waals surface area contributed by atoms with Gasteiger partial charge in [0, 0.05) is 6.54 Å². The predicted octanol–water partition coefficient (Wildman–Crippen LogP) is 3.02. The number of halogens is 1. The fraction of sp³-hybridized carbons (Fsp3) is 0.350. The highest BCUT2D eigenvalue weighted by Gasteiger charge is 2.22. The third-order valence-corrected chi connectivity index (χ3v) is 5.06. The summed E-state index contributed by atoms with van der Waals surface area (Å²) in [6.07, 6.45) is 2.03. The molecule has 6 nitrogen and oxygen atoms in total. The Kier molecular flexibility index (Phi) is 6.08. The van der Waals surface area contributed by atoms with Crippen LogP contribution >= 0.6 is 12.4 Å². The smallest absolute Gasteiger partial charge is 0.274 e. The van der Waals surface area contributed by atoms with E-state index in [1.54, 1.807) is 0 Å². The van der Waals surface area contributed by atoms with Crippen LogP contribution in [0.25, 0.3) is 10.8 Å². The van der Waals surface area contributed by atoms with Crippen molar-refractivity contribution in [3.63, 3.8) is 0 Å². The van der Waals surface area contributed by atoms with Crippen molar-refractivity contribution in [3.05, 3.63) is 59.4 Å². The third kappa shape index (κ3) is 4.12. The molecular formula is C20H24ClN5O. The minimum absolute atomic E-state index is 0. The van der Waals surface area contributed by atoms with Crippen LogP contribution in [0.3, 0.4) is 0 Å². The molecule has 2 heterocycles. The number of aromatic nitrogens is 3. The molecule has 0 unspecified atom stereocenters. The second-order valence-electron chi connectivity index (χ2n) is 6.81. The third-order valence-electron chi connectivity index (χ3n) is 5.06. The molecule has 7 heteroatoms. The highest BCUT2D eigenvalue weighted by molar-refractivity contribution is 5.93. The van der Waals surface area contributed by atoms with E-state index in [0.29, 0.717) is 18.3 Å². The van der Waals surface area contributed by atoms with Crippen molar-refractivity contribution < 1.29 is 4.79 Å². The minimum Gasteiger partial charge on any atom is -0.347 e. The summed E-state index contributed by atoms with van der Waals surface area (Å²) >= 11 is 0. The highest BCUT2D eigenvalue weighted by atomic mass is 35.5. The Labute approximate surface area is 164 Å². The Morgan fingerprint density at radius 1 is 1.19 bits per heavy atom. The van der Waals surface area contributed by atoms with Gasteiger partial charge in [-0.25, -0.2) is 4.68 Å². The zero-order valence-electron chi connectivity index (χ0n) is 15.3. The van der Waals surface area contributed by atoms with Crippen molar-refractivity contribution >= 4 is 29.1 Å². The number of rotatable bonds is 4. The molecule has 0 saturated carbocycles. The number of piperidine rings is 1. The van der Waals surface area contributed by atoms with E-state index in [2.05, 4.69) is 45.2 Å². The van der Waals surface area contributed by atoms with Gasteiger partial charge in [-0.15, -0.1) is 17.5 Å². The zero-order chi connectivity index (χ0) is 17.9. The SMILES string of the molecule is Cc1c(C(=O)NCc2ccc3ccccc3c2)nnn1C1CCNCC1.Cl. The summed E-state index contributed by atoms with van der Waals surface area (Å²) < 4.78 is 1.91. The van der Waals surface area contributed by atoms with E-state index in [9.17, 15) is 4.79 Å². The van der Waals surface area contributed by atoms with E-state index in [4.69, 9.17) is 0 Å². The molecule has 2 N–H and O–H groups in total. The molecule has 0 aliphatic carbocycles. The van der Waals surface area contributed by atoms with Crippen molar-refractivity contribution in [1.29, 1.82) is 0 Å². The molecule has 0 radical (unpaired) electrons. The van der Waals surface area contributed by atoms with Crippen LogP contribution in [0.5, 0.6) is 0 Å². The Hall–Kier alpha value is -2.44. The molecule has 0 bridgehead atoms. The minimum atomic E-state index is -0.171. The van der Waals surface area contributed by atoms with E-state index in [1.165, 1.54) is 10.8 Å². The standard InChI is InChI=1S/C20H23N5O.ClH/c1-14-19(23-24-25(14)18-8-10-21-11-9-18)20(26)22-13-15-6-7-16-4-2-3-5-17(16)12-15;/h2-7,12,18,21H,8-11,13H2,1H3,(H,22,26);1H. The van der Waals surface area contributed by atoms with Gasteiger partial charge in [-0.05, 0) is 55.3 Å². The number of nitrogens with one attached hydrogen (secondary N) is 2. The normalized spacial score (nSPS) is 14.7. The summed E-state index contributed by atoms with van der Waals surface area (Å²) in [4.78, 5) is 12.6. The molecule has 0 atom stereocenters. The van der Waals surface area contributed by atoms with Crippen molar-refractivity contribution in [2.45, 2.75) is 32.4 Å². The van der Waals surface area contributed by atoms with Gasteiger partial charge < -0.3 is 10.6 Å². The largest absolute Gasteiger partial charge is 0.347 e. The zero-order valence-corrected chi connectivity index (χ0v) is 16.1. The molecule has 142 valence electrons. The van der Waals surface area contributed by atoms with E-state index in [0.717, 1.165) is 37.2 Å². The summed E-state index contributed by atoms with van der Waals surface area (Å²) in [6.45, 7) is 4.36. The van der Waals surface area contributed by atoms with Crippen LogP contribution in [0.1, 0.15) is 40.6 Å². The first-order valence-corrected chi connectivity index (χ1v) is 9.11.